The van der Waals surface area contributed by atoms with Crippen LogP contribution in [0.15, 0.2) is 27.8 Å². The number of carbonyl (C=O) groups is 3. The molecule has 3 amide bonds. The Morgan fingerprint density at radius 3 is 2.75 bits per heavy atom. The van der Waals surface area contributed by atoms with E-state index in [1.54, 1.807) is 18.3 Å². The van der Waals surface area contributed by atoms with Gasteiger partial charge in [-0.05, 0) is 57.2 Å². The van der Waals surface area contributed by atoms with Gasteiger partial charge in [0, 0.05) is 34.3 Å². The van der Waals surface area contributed by atoms with Crippen molar-refractivity contribution in [1.29, 1.82) is 0 Å². The second kappa shape index (κ2) is 9.53. The number of ether oxygens (including phenoxy) is 2. The van der Waals surface area contributed by atoms with Gasteiger partial charge in [-0.25, -0.2) is 14.6 Å². The van der Waals surface area contributed by atoms with Gasteiger partial charge in [0.1, 0.15) is 11.5 Å². The third-order valence-corrected chi connectivity index (χ3v) is 6.63. The van der Waals surface area contributed by atoms with Gasteiger partial charge in [0.2, 0.25) is 0 Å². The van der Waals surface area contributed by atoms with Gasteiger partial charge in [-0.1, -0.05) is 15.9 Å². The van der Waals surface area contributed by atoms with Crippen LogP contribution in [-0.4, -0.2) is 54.9 Å². The van der Waals surface area contributed by atoms with Gasteiger partial charge in [0.15, 0.2) is 5.60 Å². The van der Waals surface area contributed by atoms with Gasteiger partial charge < -0.3 is 20.1 Å². The third-order valence-electron chi connectivity index (χ3n) is 5.94. The van der Waals surface area contributed by atoms with Crippen molar-refractivity contribution in [3.63, 3.8) is 0 Å². The quantitative estimate of drug-likeness (QED) is 0.520. The monoisotopic (exact) mass is 515 g/mol. The lowest BCUT2D eigenvalue weighted by Gasteiger charge is -2.47. The van der Waals surface area contributed by atoms with Crippen molar-refractivity contribution in [3.05, 3.63) is 34.1 Å². The van der Waals surface area contributed by atoms with Gasteiger partial charge in [-0.15, -0.1) is 0 Å². The van der Waals surface area contributed by atoms with Gasteiger partial charge in [0.05, 0.1) is 5.60 Å². The van der Waals surface area contributed by atoms with Crippen molar-refractivity contribution in [3.8, 4) is 0 Å². The van der Waals surface area contributed by atoms with Crippen LogP contribution >= 0.6 is 15.9 Å². The lowest BCUT2D eigenvalue weighted by Crippen LogP contribution is -2.56. The molecule has 174 valence electrons. The predicted octanol–water partition coefficient (Wildman–Crippen LogP) is 2.37. The highest BCUT2D eigenvalue weighted by Crippen LogP contribution is 2.45. The molecular weight excluding hydrogens is 487 g/mol. The molecule has 1 atom stereocenters. The fraction of sp³-hybridized carbons (Fsp3) is 0.524. The van der Waals surface area contributed by atoms with Crippen LogP contribution in [-0.2, 0) is 19.1 Å². The van der Waals surface area contributed by atoms with E-state index in [2.05, 4.69) is 31.8 Å². The number of likely N-dealkylation sites (N-methyl/N-ethyl adjacent to an activating group) is 1. The molecule has 0 saturated heterocycles. The summed E-state index contributed by atoms with van der Waals surface area (Å²) in [7, 11) is 1.53. The van der Waals surface area contributed by atoms with Crippen LogP contribution in [0.1, 0.15) is 48.7 Å². The molecule has 1 spiro atoms. The highest BCUT2D eigenvalue weighted by molar-refractivity contribution is 9.10. The van der Waals surface area contributed by atoms with E-state index in [1.807, 2.05) is 0 Å². The van der Waals surface area contributed by atoms with E-state index in [0.29, 0.717) is 47.9 Å². The Morgan fingerprint density at radius 2 is 2.09 bits per heavy atom. The molecule has 11 heteroatoms. The normalized spacial score (nSPS) is 27.7. The summed E-state index contributed by atoms with van der Waals surface area (Å²) in [5.41, 5.74) is 1.30. The van der Waals surface area contributed by atoms with E-state index >= 15 is 0 Å². The second-order valence-electron chi connectivity index (χ2n) is 8.00. The van der Waals surface area contributed by atoms with E-state index < -0.39 is 47.9 Å². The average Bonchev–Trinajstić information content (AvgIpc) is 2.76. The van der Waals surface area contributed by atoms with Gasteiger partial charge >= 0.3 is 17.9 Å². The summed E-state index contributed by atoms with van der Waals surface area (Å²) in [6.07, 6.45) is 1.04. The zero-order valence-corrected chi connectivity index (χ0v) is 19.2. The van der Waals surface area contributed by atoms with E-state index in [9.17, 15) is 18.8 Å². The standard InChI is InChI=1S/C21H26BrFN4O5/c1-12(25-18(29)17(28)24-2)11-20(31-3)6-8-21(9-7-20)16(26-27-19(30)32-21)14-10-13(23)4-5-15(14)22/h4-5,10,12H,6-9,11H2,1-3H3,(H,24,28)(H,25,29)(H,27,30)/t12-,20?,21?/m0/s1/i2D3. The topological polar surface area (TPSA) is 118 Å². The predicted molar refractivity (Wildman–Crippen MR) is 117 cm³/mol. The maximum atomic E-state index is 14.0. The molecule has 0 radical (unpaired) electrons. The van der Waals surface area contributed by atoms with E-state index in [-0.39, 0.29) is 0 Å². The molecule has 3 rings (SSSR count). The second-order valence-corrected chi connectivity index (χ2v) is 8.85. The molecule has 9 nitrogen and oxygen atoms in total. The summed E-state index contributed by atoms with van der Waals surface area (Å²) < 4.78 is 47.2. The molecule has 2 aliphatic rings. The number of halogens is 2. The summed E-state index contributed by atoms with van der Waals surface area (Å²) in [5, 5.41) is 8.32. The van der Waals surface area contributed by atoms with Crippen molar-refractivity contribution in [2.75, 3.05) is 14.1 Å². The van der Waals surface area contributed by atoms with Gasteiger partial charge in [-0.2, -0.15) is 5.10 Å². The molecule has 1 aromatic carbocycles. The smallest absolute Gasteiger partial charge is 0.428 e. The summed E-state index contributed by atoms with van der Waals surface area (Å²) in [4.78, 5) is 35.9. The molecule has 1 aliphatic heterocycles. The Balaban J connectivity index is 1.73. The molecule has 32 heavy (non-hydrogen) atoms. The van der Waals surface area contributed by atoms with Crippen LogP contribution in [0.3, 0.4) is 0 Å². The third kappa shape index (κ3) is 4.93. The number of hydrogen-bond donors (Lipinski definition) is 3. The van der Waals surface area contributed by atoms with Crippen molar-refractivity contribution in [2.24, 2.45) is 5.10 Å². The summed E-state index contributed by atoms with van der Waals surface area (Å²) in [5.74, 6) is -2.79. The minimum absolute atomic E-state index is 0.314. The minimum atomic E-state index is -2.77. The Bertz CT molecular complexity index is 1040. The van der Waals surface area contributed by atoms with Crippen molar-refractivity contribution in [2.45, 2.75) is 56.3 Å². The Morgan fingerprint density at radius 1 is 1.38 bits per heavy atom. The molecule has 0 aromatic heterocycles. The van der Waals surface area contributed by atoms with E-state index in [4.69, 9.17) is 13.6 Å². The Hall–Kier alpha value is -2.53. The van der Waals surface area contributed by atoms with Crippen LogP contribution in [0.5, 0.6) is 0 Å². The first kappa shape index (κ1) is 20.1. The zero-order chi connectivity index (χ0) is 26.0. The molecule has 1 heterocycles. The first-order valence-electron chi connectivity index (χ1n) is 11.5. The lowest BCUT2D eigenvalue weighted by molar-refractivity contribution is -0.139. The number of hydrogen-bond acceptors (Lipinski definition) is 6. The Labute approximate surface area is 197 Å². The fourth-order valence-electron chi connectivity index (χ4n) is 4.33. The Kier molecular flexibility index (Phi) is 5.99. The van der Waals surface area contributed by atoms with Crippen LogP contribution in [0, 0.1) is 5.82 Å². The lowest BCUT2D eigenvalue weighted by atomic mass is 9.70. The number of methoxy groups -OCH3 is 1. The van der Waals surface area contributed by atoms with Crippen LogP contribution < -0.4 is 16.1 Å². The van der Waals surface area contributed by atoms with Crippen LogP contribution in [0.4, 0.5) is 9.18 Å². The molecule has 0 bridgehead atoms. The molecule has 3 N–H and O–H groups in total. The van der Waals surface area contributed by atoms with Crippen LogP contribution in [0.25, 0.3) is 0 Å². The highest BCUT2D eigenvalue weighted by atomic mass is 79.9. The van der Waals surface area contributed by atoms with Crippen LogP contribution in [0.2, 0.25) is 0 Å². The number of hydrazone groups is 1. The summed E-state index contributed by atoms with van der Waals surface area (Å²) in [6.45, 7) is -1.10. The first-order valence-corrected chi connectivity index (χ1v) is 10.8. The maximum absolute atomic E-state index is 14.0. The molecular formula is C21H26BrFN4O5. The molecule has 1 fully saturated rings. The maximum Gasteiger partial charge on any atom is 0.428 e. The number of amides is 3. The number of rotatable bonds is 5. The molecule has 0 unspecified atom stereocenters. The number of nitrogens with zero attached hydrogens (tertiary/aromatic N) is 1. The van der Waals surface area contributed by atoms with E-state index in [0.717, 1.165) is 0 Å². The zero-order valence-electron chi connectivity index (χ0n) is 20.6. The van der Waals surface area contributed by atoms with Gasteiger partial charge in [-0.3, -0.25) is 9.59 Å². The first-order chi connectivity index (χ1) is 16.3. The molecule has 1 aromatic rings. The SMILES string of the molecule is [2H]C([2H])([2H])NC(=O)C(=O)N[C@@H](C)CC1(OC)CCC2(CC1)OC(=O)NN=C2c1cc(F)ccc1Br. The van der Waals surface area contributed by atoms with Crippen molar-refractivity contribution in [1.82, 2.24) is 16.1 Å². The van der Waals surface area contributed by atoms with Gasteiger partial charge in [0.25, 0.3) is 0 Å². The number of nitrogens with one attached hydrogen (secondary N) is 3. The number of benzene rings is 1. The van der Waals surface area contributed by atoms with E-state index in [1.165, 1.54) is 19.2 Å². The highest BCUT2D eigenvalue weighted by Gasteiger charge is 2.51. The minimum Gasteiger partial charge on any atom is -0.435 e. The average molecular weight is 516 g/mol. The number of carbonyl (C=O) groups excluding carboxylic acids is 3. The largest absolute Gasteiger partial charge is 0.435 e. The molecule has 1 aliphatic carbocycles. The van der Waals surface area contributed by atoms with Crippen molar-refractivity contribution < 1.29 is 32.4 Å². The van der Waals surface area contributed by atoms with Crippen molar-refractivity contribution >= 4 is 39.5 Å². The summed E-state index contributed by atoms with van der Waals surface area (Å²) in [6, 6.07) is 3.63. The molecule has 1 saturated carbocycles. The summed E-state index contributed by atoms with van der Waals surface area (Å²) >= 11 is 3.40. The fourth-order valence-corrected chi connectivity index (χ4v) is 4.77.